The van der Waals surface area contributed by atoms with Gasteiger partial charge in [-0.05, 0) is 102 Å². The van der Waals surface area contributed by atoms with Gasteiger partial charge >= 0.3 is 0 Å². The summed E-state index contributed by atoms with van der Waals surface area (Å²) in [6.45, 7) is 10.3. The largest absolute Gasteiger partial charge is 0.496 e. The number of aromatic nitrogens is 3. The predicted octanol–water partition coefficient (Wildman–Crippen LogP) is 8.21. The molecule has 204 valence electrons. The Balaban J connectivity index is 1.70. The molecule has 6 nitrogen and oxygen atoms in total. The van der Waals surface area contributed by atoms with Crippen LogP contribution >= 0.6 is 27.5 Å². The fraction of sp³-hybridized carbons (Fsp3) is 0.219. The zero-order valence-electron chi connectivity index (χ0n) is 23.3. The van der Waals surface area contributed by atoms with E-state index in [1.165, 1.54) is 4.68 Å². The first-order chi connectivity index (χ1) is 19.1. The Morgan fingerprint density at radius 2 is 1.80 bits per heavy atom. The molecule has 0 saturated heterocycles. The van der Waals surface area contributed by atoms with Gasteiger partial charge in [0.25, 0.3) is 5.56 Å². The lowest BCUT2D eigenvalue weighted by Gasteiger charge is -2.17. The third-order valence-corrected chi connectivity index (χ3v) is 8.37. The molecule has 0 bridgehead atoms. The number of hydrogen-bond acceptors (Lipinski definition) is 4. The summed E-state index contributed by atoms with van der Waals surface area (Å²) in [4.78, 5) is 18.7. The van der Waals surface area contributed by atoms with Gasteiger partial charge in [0.1, 0.15) is 5.75 Å². The summed E-state index contributed by atoms with van der Waals surface area (Å²) >= 11 is 9.84. The van der Waals surface area contributed by atoms with E-state index in [-0.39, 0.29) is 11.5 Å². The van der Waals surface area contributed by atoms with Crippen molar-refractivity contribution in [2.45, 2.75) is 40.5 Å². The molecule has 40 heavy (non-hydrogen) atoms. The van der Waals surface area contributed by atoms with E-state index in [0.29, 0.717) is 21.7 Å². The van der Waals surface area contributed by atoms with Crippen LogP contribution in [0, 0.1) is 20.8 Å². The van der Waals surface area contributed by atoms with Crippen molar-refractivity contribution in [2.75, 3.05) is 7.11 Å². The molecule has 0 N–H and O–H groups in total. The van der Waals surface area contributed by atoms with Crippen molar-refractivity contribution in [3.05, 3.63) is 109 Å². The van der Waals surface area contributed by atoms with Crippen molar-refractivity contribution in [1.29, 1.82) is 0 Å². The van der Waals surface area contributed by atoms with Crippen LogP contribution in [0.2, 0.25) is 5.02 Å². The Kier molecular flexibility index (Phi) is 7.71. The number of nitrogens with zero attached hydrogens (tertiary/aromatic N) is 4. The minimum Gasteiger partial charge on any atom is -0.496 e. The molecule has 0 saturated carbocycles. The second-order valence-electron chi connectivity index (χ2n) is 10.1. The molecule has 0 aliphatic rings. The second kappa shape index (κ2) is 11.1. The summed E-state index contributed by atoms with van der Waals surface area (Å²) in [7, 11) is 1.67. The van der Waals surface area contributed by atoms with Gasteiger partial charge in [0.15, 0.2) is 5.82 Å². The maximum Gasteiger partial charge on any atom is 0.282 e. The van der Waals surface area contributed by atoms with E-state index in [4.69, 9.17) is 26.4 Å². The molecule has 3 aromatic carbocycles. The van der Waals surface area contributed by atoms with Crippen molar-refractivity contribution in [2.24, 2.45) is 5.10 Å². The molecular formula is C32H30BrClN4O2. The van der Waals surface area contributed by atoms with E-state index >= 15 is 0 Å². The Hall–Kier alpha value is -3.68. The summed E-state index contributed by atoms with van der Waals surface area (Å²) in [6.07, 6.45) is 1.73. The van der Waals surface area contributed by atoms with Crippen molar-refractivity contribution < 1.29 is 4.74 Å². The van der Waals surface area contributed by atoms with Gasteiger partial charge in [-0.15, -0.1) is 0 Å². The first kappa shape index (κ1) is 27.9. The van der Waals surface area contributed by atoms with E-state index in [1.807, 2.05) is 69.3 Å². The molecule has 0 radical (unpaired) electrons. The Bertz CT molecular complexity index is 1850. The van der Waals surface area contributed by atoms with Gasteiger partial charge in [0.05, 0.1) is 29.2 Å². The first-order valence-electron chi connectivity index (χ1n) is 13.0. The van der Waals surface area contributed by atoms with Crippen LogP contribution in [0.4, 0.5) is 0 Å². The average Bonchev–Trinajstić information content (AvgIpc) is 3.21. The average molecular weight is 618 g/mol. The molecule has 0 aliphatic heterocycles. The van der Waals surface area contributed by atoms with Crippen molar-refractivity contribution in [3.8, 4) is 22.8 Å². The molecule has 5 aromatic rings. The summed E-state index contributed by atoms with van der Waals surface area (Å²) in [5.41, 5.74) is 7.04. The number of para-hydroxylation sites is 1. The normalized spacial score (nSPS) is 11.7. The highest BCUT2D eigenvalue weighted by atomic mass is 79.9. The molecule has 5 rings (SSSR count). The number of halogens is 2. The second-order valence-corrected chi connectivity index (χ2v) is 11.4. The minimum absolute atomic E-state index is 0.218. The number of hydrogen-bond donors (Lipinski definition) is 0. The van der Waals surface area contributed by atoms with Crippen LogP contribution in [-0.2, 0) is 0 Å². The molecule has 8 heteroatoms. The summed E-state index contributed by atoms with van der Waals surface area (Å²) < 4.78 is 10.0. The van der Waals surface area contributed by atoms with Crippen LogP contribution in [0.5, 0.6) is 5.75 Å². The molecule has 0 atom stereocenters. The number of aryl methyl sites for hydroxylation is 2. The highest BCUT2D eigenvalue weighted by Gasteiger charge is 2.19. The lowest BCUT2D eigenvalue weighted by atomic mass is 9.96. The maximum atomic E-state index is 13.8. The first-order valence-corrected chi connectivity index (χ1v) is 14.2. The smallest absolute Gasteiger partial charge is 0.282 e. The van der Waals surface area contributed by atoms with E-state index in [2.05, 4.69) is 40.4 Å². The van der Waals surface area contributed by atoms with Crippen LogP contribution in [0.3, 0.4) is 0 Å². The predicted molar refractivity (Wildman–Crippen MR) is 168 cm³/mol. The van der Waals surface area contributed by atoms with Gasteiger partial charge in [-0.2, -0.15) is 9.78 Å². The van der Waals surface area contributed by atoms with Crippen LogP contribution in [0.25, 0.3) is 28.0 Å². The molecular weight excluding hydrogens is 588 g/mol. The van der Waals surface area contributed by atoms with E-state index in [1.54, 1.807) is 19.4 Å². The zero-order valence-corrected chi connectivity index (χ0v) is 25.6. The van der Waals surface area contributed by atoms with Crippen molar-refractivity contribution in [3.63, 3.8) is 0 Å². The third-order valence-electron chi connectivity index (χ3n) is 7.14. The topological polar surface area (TPSA) is 61.4 Å². The van der Waals surface area contributed by atoms with E-state index < -0.39 is 0 Å². The molecule has 0 amide bonds. The number of rotatable bonds is 6. The lowest BCUT2D eigenvalue weighted by molar-refractivity contribution is 0.407. The van der Waals surface area contributed by atoms with Crippen molar-refractivity contribution in [1.82, 2.24) is 14.2 Å². The number of ether oxygens (including phenoxy) is 1. The fourth-order valence-corrected chi connectivity index (χ4v) is 5.45. The Labute approximate surface area is 247 Å². The van der Waals surface area contributed by atoms with Gasteiger partial charge in [-0.1, -0.05) is 37.6 Å². The quantitative estimate of drug-likeness (QED) is 0.180. The zero-order chi connectivity index (χ0) is 28.7. The summed E-state index contributed by atoms with van der Waals surface area (Å²) in [6, 6.07) is 19.3. The van der Waals surface area contributed by atoms with Gasteiger partial charge in [-0.3, -0.25) is 4.79 Å². The SMILES string of the molecule is COc1cc(C)c(-c2nc3ccccc3c(=O)n2N=Cc2cc(C)n(-c3ccc(Br)c(Cl)c3)c2C)cc1C(C)C. The third kappa shape index (κ3) is 5.00. The summed E-state index contributed by atoms with van der Waals surface area (Å²) in [5, 5.41) is 5.88. The highest BCUT2D eigenvalue weighted by Crippen LogP contribution is 2.34. The van der Waals surface area contributed by atoms with Gasteiger partial charge in [0.2, 0.25) is 0 Å². The Morgan fingerprint density at radius 1 is 1.05 bits per heavy atom. The molecule has 0 unspecified atom stereocenters. The molecule has 0 fully saturated rings. The fourth-order valence-electron chi connectivity index (χ4n) is 5.03. The van der Waals surface area contributed by atoms with Gasteiger partial charge in [-0.25, -0.2) is 4.98 Å². The molecule has 2 aromatic heterocycles. The standard InChI is InChI=1S/C32H30BrClN4O2/c1-18(2)25-16-26(19(3)13-30(25)40-6)31-36-29-10-8-7-9-24(29)32(39)38(31)35-17-22-14-20(4)37(21(22)5)23-11-12-27(33)28(34)15-23/h7-18H,1-6H3. The highest BCUT2D eigenvalue weighted by molar-refractivity contribution is 9.10. The number of methoxy groups -OCH3 is 1. The summed E-state index contributed by atoms with van der Waals surface area (Å²) in [5.74, 6) is 1.52. The van der Waals surface area contributed by atoms with Crippen LogP contribution in [-0.4, -0.2) is 27.6 Å². The lowest BCUT2D eigenvalue weighted by Crippen LogP contribution is -2.21. The van der Waals surface area contributed by atoms with Crippen LogP contribution < -0.4 is 10.3 Å². The molecule has 0 aliphatic carbocycles. The number of benzene rings is 3. The van der Waals surface area contributed by atoms with E-state index in [9.17, 15) is 4.79 Å². The van der Waals surface area contributed by atoms with Crippen molar-refractivity contribution >= 4 is 44.6 Å². The number of fused-ring (bicyclic) bond motifs is 1. The monoisotopic (exact) mass is 616 g/mol. The van der Waals surface area contributed by atoms with Crippen LogP contribution in [0.1, 0.15) is 47.8 Å². The maximum absolute atomic E-state index is 13.8. The molecule has 0 spiro atoms. The molecule has 2 heterocycles. The van der Waals surface area contributed by atoms with Gasteiger partial charge in [0, 0.05) is 32.7 Å². The van der Waals surface area contributed by atoms with Crippen LogP contribution in [0.15, 0.2) is 75.0 Å². The van der Waals surface area contributed by atoms with E-state index in [0.717, 1.165) is 49.6 Å². The minimum atomic E-state index is -0.230. The van der Waals surface area contributed by atoms with Gasteiger partial charge < -0.3 is 9.30 Å². The Morgan fingerprint density at radius 3 is 2.50 bits per heavy atom.